The number of hydrogen-bond acceptors (Lipinski definition) is 8. The van der Waals surface area contributed by atoms with Crippen LogP contribution in [-0.2, 0) is 4.74 Å². The van der Waals surface area contributed by atoms with E-state index < -0.39 is 12.6 Å². The molecule has 11 heteroatoms. The third-order valence-corrected chi connectivity index (χ3v) is 7.69. The number of nitrogens with zero attached hydrogens (tertiary/aromatic N) is 3. The summed E-state index contributed by atoms with van der Waals surface area (Å²) in [6, 6.07) is 8.07. The molecule has 5 rings (SSSR count). The number of ether oxygens (including phenoxy) is 2. The SMILES string of the molecule is N=C(c1c(N2CCC(N3CCOCC3)CC2)cc(C(=O)O)nc1Nc1cccc(OC(F)F)c1)C1CCC1. The molecule has 0 atom stereocenters. The fraction of sp³-hybridized carbons (Fsp3) is 0.519. The van der Waals surface area contributed by atoms with E-state index in [4.69, 9.17) is 10.1 Å². The Morgan fingerprint density at radius 3 is 2.50 bits per heavy atom. The number of alkyl halides is 2. The zero-order valence-electron chi connectivity index (χ0n) is 21.2. The Morgan fingerprint density at radius 2 is 1.87 bits per heavy atom. The molecule has 0 unspecified atom stereocenters. The second-order valence-corrected chi connectivity index (χ2v) is 9.99. The van der Waals surface area contributed by atoms with Crippen molar-refractivity contribution in [3.05, 3.63) is 41.6 Å². The number of piperidine rings is 1. The van der Waals surface area contributed by atoms with Gasteiger partial charge < -0.3 is 30.2 Å². The quantitative estimate of drug-likeness (QED) is 0.405. The molecular formula is C27H33F2N5O4. The molecule has 0 radical (unpaired) electrons. The van der Waals surface area contributed by atoms with Crippen molar-refractivity contribution in [1.29, 1.82) is 5.41 Å². The lowest BCUT2D eigenvalue weighted by Gasteiger charge is -2.41. The lowest BCUT2D eigenvalue weighted by Crippen LogP contribution is -2.49. The van der Waals surface area contributed by atoms with Gasteiger partial charge in [-0.05, 0) is 43.9 Å². The summed E-state index contributed by atoms with van der Waals surface area (Å²) in [7, 11) is 0. The molecule has 1 aliphatic carbocycles. The molecule has 2 aromatic rings. The molecule has 2 aliphatic heterocycles. The Kier molecular flexibility index (Phi) is 8.04. The maximum atomic E-state index is 12.8. The molecular weight excluding hydrogens is 496 g/mol. The van der Waals surface area contributed by atoms with Gasteiger partial charge >= 0.3 is 12.6 Å². The van der Waals surface area contributed by atoms with Crippen LogP contribution >= 0.6 is 0 Å². The first-order chi connectivity index (χ1) is 18.4. The van der Waals surface area contributed by atoms with Gasteiger partial charge in [0.1, 0.15) is 11.6 Å². The van der Waals surface area contributed by atoms with Crippen molar-refractivity contribution in [2.24, 2.45) is 5.92 Å². The Balaban J connectivity index is 1.48. The Bertz CT molecular complexity index is 1160. The molecule has 1 aromatic carbocycles. The highest BCUT2D eigenvalue weighted by atomic mass is 19.3. The van der Waals surface area contributed by atoms with Gasteiger partial charge in [-0.1, -0.05) is 12.5 Å². The van der Waals surface area contributed by atoms with E-state index in [-0.39, 0.29) is 23.2 Å². The first-order valence-electron chi connectivity index (χ1n) is 13.1. The third-order valence-electron chi connectivity index (χ3n) is 7.69. The number of morpholine rings is 1. The van der Waals surface area contributed by atoms with Crippen molar-refractivity contribution in [3.8, 4) is 5.75 Å². The summed E-state index contributed by atoms with van der Waals surface area (Å²) in [6.45, 7) is 1.82. The van der Waals surface area contributed by atoms with E-state index in [1.165, 1.54) is 12.1 Å². The van der Waals surface area contributed by atoms with E-state index in [0.717, 1.165) is 71.5 Å². The van der Waals surface area contributed by atoms with E-state index in [9.17, 15) is 18.7 Å². The lowest BCUT2D eigenvalue weighted by atomic mass is 9.79. The molecule has 0 spiro atoms. The smallest absolute Gasteiger partial charge is 0.387 e. The van der Waals surface area contributed by atoms with Crippen LogP contribution in [0.3, 0.4) is 0 Å². The summed E-state index contributed by atoms with van der Waals surface area (Å²) < 4.78 is 35.6. The zero-order valence-corrected chi connectivity index (χ0v) is 21.2. The predicted octanol–water partition coefficient (Wildman–Crippen LogP) is 4.59. The predicted molar refractivity (Wildman–Crippen MR) is 139 cm³/mol. The molecule has 38 heavy (non-hydrogen) atoms. The summed E-state index contributed by atoms with van der Waals surface area (Å²) in [5.41, 5.74) is 1.95. The number of carbonyl (C=O) groups is 1. The average molecular weight is 530 g/mol. The maximum Gasteiger partial charge on any atom is 0.387 e. The number of pyridine rings is 1. The first-order valence-corrected chi connectivity index (χ1v) is 13.1. The van der Waals surface area contributed by atoms with Gasteiger partial charge in [0.15, 0.2) is 5.69 Å². The third kappa shape index (κ3) is 5.88. The van der Waals surface area contributed by atoms with Gasteiger partial charge in [-0.15, -0.1) is 0 Å². The average Bonchev–Trinajstić information content (AvgIpc) is 2.87. The standard InChI is InChI=1S/C27H33F2N5O4/c28-27(29)38-20-6-2-5-18(15-20)31-25-23(24(30)17-3-1-4-17)22(16-21(32-25)26(35)36)34-9-7-19(8-10-34)33-11-13-37-14-12-33/h2,5-6,15-17,19,27,30H,1,3-4,7-14H2,(H,31,32)(H,35,36). The van der Waals surface area contributed by atoms with Gasteiger partial charge in [-0.3, -0.25) is 4.90 Å². The molecule has 0 bridgehead atoms. The van der Waals surface area contributed by atoms with Crippen LogP contribution in [0, 0.1) is 11.3 Å². The molecule has 0 amide bonds. The molecule has 3 N–H and O–H groups in total. The number of aromatic nitrogens is 1. The molecule has 3 fully saturated rings. The molecule has 1 aromatic heterocycles. The minimum absolute atomic E-state index is 0.0274. The fourth-order valence-electron chi connectivity index (χ4n) is 5.45. The molecule has 1 saturated carbocycles. The number of halogens is 2. The first kappa shape index (κ1) is 26.3. The second-order valence-electron chi connectivity index (χ2n) is 9.99. The van der Waals surface area contributed by atoms with Crippen LogP contribution in [0.1, 0.15) is 48.2 Å². The molecule has 3 aliphatic rings. The van der Waals surface area contributed by atoms with Crippen LogP contribution in [0.25, 0.3) is 0 Å². The molecule has 9 nitrogen and oxygen atoms in total. The summed E-state index contributed by atoms with van der Waals surface area (Å²) in [5, 5.41) is 22.0. The van der Waals surface area contributed by atoms with Gasteiger partial charge in [-0.2, -0.15) is 8.78 Å². The Labute approximate surface area is 220 Å². The maximum absolute atomic E-state index is 12.8. The second kappa shape index (κ2) is 11.6. The van der Waals surface area contributed by atoms with Crippen molar-refractivity contribution in [2.75, 3.05) is 49.6 Å². The van der Waals surface area contributed by atoms with Crippen molar-refractivity contribution in [2.45, 2.75) is 44.8 Å². The number of carboxylic acid groups (broad SMARTS) is 1. The lowest BCUT2D eigenvalue weighted by molar-refractivity contribution is -0.0498. The van der Waals surface area contributed by atoms with E-state index in [0.29, 0.717) is 28.7 Å². The van der Waals surface area contributed by atoms with E-state index in [1.54, 1.807) is 18.2 Å². The summed E-state index contributed by atoms with van der Waals surface area (Å²) in [4.78, 5) is 21.1. The molecule has 204 valence electrons. The van der Waals surface area contributed by atoms with Crippen LogP contribution in [0.5, 0.6) is 5.75 Å². The van der Waals surface area contributed by atoms with E-state index in [1.807, 2.05) is 0 Å². The van der Waals surface area contributed by atoms with Crippen LogP contribution in [-0.4, -0.2) is 78.7 Å². The van der Waals surface area contributed by atoms with Gasteiger partial charge in [0.2, 0.25) is 0 Å². The number of rotatable bonds is 9. The minimum atomic E-state index is -2.96. The summed E-state index contributed by atoms with van der Waals surface area (Å²) >= 11 is 0. The Morgan fingerprint density at radius 1 is 1.13 bits per heavy atom. The highest BCUT2D eigenvalue weighted by molar-refractivity contribution is 6.10. The number of nitrogens with one attached hydrogen (secondary N) is 2. The summed E-state index contributed by atoms with van der Waals surface area (Å²) in [6.07, 6.45) is 4.70. The fourth-order valence-corrected chi connectivity index (χ4v) is 5.45. The van der Waals surface area contributed by atoms with Crippen molar-refractivity contribution in [3.63, 3.8) is 0 Å². The number of carboxylic acids is 1. The van der Waals surface area contributed by atoms with Gasteiger partial charge in [-0.25, -0.2) is 9.78 Å². The van der Waals surface area contributed by atoms with Crippen LogP contribution in [0.4, 0.5) is 26.0 Å². The number of anilines is 3. The number of benzene rings is 1. The summed E-state index contributed by atoms with van der Waals surface area (Å²) in [5.74, 6) is -0.887. The van der Waals surface area contributed by atoms with Crippen LogP contribution in [0.2, 0.25) is 0 Å². The molecule has 2 saturated heterocycles. The number of hydrogen-bond donors (Lipinski definition) is 3. The Hall–Kier alpha value is -3.31. The van der Waals surface area contributed by atoms with Crippen molar-refractivity contribution >= 4 is 28.9 Å². The highest BCUT2D eigenvalue weighted by Gasteiger charge is 2.32. The highest BCUT2D eigenvalue weighted by Crippen LogP contribution is 2.38. The van der Waals surface area contributed by atoms with Crippen molar-refractivity contribution < 1.29 is 28.2 Å². The van der Waals surface area contributed by atoms with Gasteiger partial charge in [0, 0.05) is 55.6 Å². The van der Waals surface area contributed by atoms with Crippen LogP contribution < -0.4 is 15.0 Å². The van der Waals surface area contributed by atoms with Crippen molar-refractivity contribution in [1.82, 2.24) is 9.88 Å². The topological polar surface area (TPSA) is 111 Å². The van der Waals surface area contributed by atoms with E-state index >= 15 is 0 Å². The molecule has 3 heterocycles. The normalized spacial score (nSPS) is 19.3. The largest absolute Gasteiger partial charge is 0.477 e. The zero-order chi connectivity index (χ0) is 26.6. The number of aromatic carboxylic acids is 1. The monoisotopic (exact) mass is 529 g/mol. The van der Waals surface area contributed by atoms with Gasteiger partial charge in [0.05, 0.1) is 24.5 Å². The minimum Gasteiger partial charge on any atom is -0.477 e. The van der Waals surface area contributed by atoms with Gasteiger partial charge in [0.25, 0.3) is 0 Å². The van der Waals surface area contributed by atoms with Crippen LogP contribution in [0.15, 0.2) is 30.3 Å². The van der Waals surface area contributed by atoms with E-state index in [2.05, 4.69) is 24.8 Å².